The number of imidazole rings is 1. The van der Waals surface area contributed by atoms with E-state index in [-0.39, 0.29) is 0 Å². The number of oxazole rings is 1. The second kappa shape index (κ2) is 1.98. The Hall–Kier alpha value is -1.58. The molecule has 0 N–H and O–H groups in total. The zero-order chi connectivity index (χ0) is 6.81. The first-order valence-corrected chi connectivity index (χ1v) is 2.78. The molecular weight excluding hydrogens is 130 g/mol. The smallest absolute Gasteiger partial charge is 0.307 e. The van der Waals surface area contributed by atoms with Crippen molar-refractivity contribution >= 4 is 0 Å². The highest BCUT2D eigenvalue weighted by molar-refractivity contribution is 5.03. The summed E-state index contributed by atoms with van der Waals surface area (Å²) in [6.45, 7) is 0. The maximum atomic E-state index is 4.96. The molecule has 10 heavy (non-hydrogen) atoms. The van der Waals surface area contributed by atoms with E-state index >= 15 is 0 Å². The van der Waals surface area contributed by atoms with Crippen molar-refractivity contribution in [1.82, 2.24) is 14.5 Å². The summed E-state index contributed by atoms with van der Waals surface area (Å²) in [5.41, 5.74) is 0. The lowest BCUT2D eigenvalue weighted by molar-refractivity contribution is 0.526. The Kier molecular flexibility index (Phi) is 1.04. The second-order valence-electron chi connectivity index (χ2n) is 1.71. The lowest BCUT2D eigenvalue weighted by Crippen LogP contribution is -1.88. The van der Waals surface area contributed by atoms with Gasteiger partial charge in [0, 0.05) is 12.4 Å². The molecule has 0 fully saturated rings. The van der Waals surface area contributed by atoms with E-state index in [9.17, 15) is 0 Å². The van der Waals surface area contributed by atoms with E-state index in [1.807, 2.05) is 0 Å². The lowest BCUT2D eigenvalue weighted by atomic mass is 10.9. The topological polar surface area (TPSA) is 43.9 Å². The molecule has 0 aliphatic carbocycles. The average molecular weight is 134 g/mol. The van der Waals surface area contributed by atoms with Crippen molar-refractivity contribution in [2.45, 2.75) is 0 Å². The van der Waals surface area contributed by atoms with Crippen LogP contribution < -0.4 is 0 Å². The molecule has 0 spiro atoms. The van der Waals surface area contributed by atoms with Gasteiger partial charge in [-0.3, -0.25) is 4.57 Å². The zero-order valence-corrected chi connectivity index (χ0v) is 5.06. The molecule has 4 nitrogen and oxygen atoms in total. The van der Waals surface area contributed by atoms with E-state index in [0.29, 0.717) is 6.01 Å². The first-order chi connectivity index (χ1) is 4.97. The van der Waals surface area contributed by atoms with Crippen LogP contribution in [0.5, 0.6) is 0 Å². The molecule has 0 saturated carbocycles. The third-order valence-corrected chi connectivity index (χ3v) is 1.08. The molecule has 0 atom stereocenters. The summed E-state index contributed by atoms with van der Waals surface area (Å²) in [6, 6.07) is 0.484. The minimum atomic E-state index is 0.484. The van der Waals surface area contributed by atoms with Crippen LogP contribution in [-0.4, -0.2) is 14.5 Å². The highest BCUT2D eigenvalue weighted by Crippen LogP contribution is 2.00. The minimum absolute atomic E-state index is 0.484. The molecule has 0 saturated heterocycles. The zero-order valence-electron chi connectivity index (χ0n) is 5.06. The number of rotatable bonds is 1. The molecule has 0 bridgehead atoms. The Bertz CT molecular complexity index is 252. The molecule has 4 heteroatoms. The van der Waals surface area contributed by atoms with Gasteiger partial charge in [-0.2, -0.15) is 0 Å². The van der Waals surface area contributed by atoms with Gasteiger partial charge in [0.05, 0.1) is 6.20 Å². The van der Waals surface area contributed by atoms with E-state index in [1.165, 1.54) is 6.26 Å². The fraction of sp³-hybridized carbons (Fsp3) is 0. The van der Waals surface area contributed by atoms with Crippen LogP contribution in [0.15, 0.2) is 29.3 Å². The highest BCUT2D eigenvalue weighted by Gasteiger charge is 1.97. The third-order valence-electron chi connectivity index (χ3n) is 1.08. The van der Waals surface area contributed by atoms with E-state index < -0.39 is 0 Å². The Balaban J connectivity index is 2.48. The van der Waals surface area contributed by atoms with Crippen molar-refractivity contribution < 1.29 is 4.42 Å². The van der Waals surface area contributed by atoms with Crippen LogP contribution in [0.25, 0.3) is 6.01 Å². The van der Waals surface area contributed by atoms with Crippen molar-refractivity contribution in [3.05, 3.63) is 31.2 Å². The van der Waals surface area contributed by atoms with Gasteiger partial charge in [0.2, 0.25) is 0 Å². The normalized spacial score (nSPS) is 10.0. The van der Waals surface area contributed by atoms with Crippen molar-refractivity contribution in [2.75, 3.05) is 0 Å². The molecule has 2 aromatic rings. The van der Waals surface area contributed by atoms with Gasteiger partial charge in [-0.1, -0.05) is 0 Å². The molecule has 1 radical (unpaired) electrons. The number of hydrogen-bond donors (Lipinski definition) is 0. The van der Waals surface area contributed by atoms with Crippen LogP contribution in [0.4, 0.5) is 0 Å². The van der Waals surface area contributed by atoms with Gasteiger partial charge in [-0.05, 0) is 0 Å². The summed E-state index contributed by atoms with van der Waals surface area (Å²) >= 11 is 0. The van der Waals surface area contributed by atoms with Gasteiger partial charge in [-0.25, -0.2) is 9.97 Å². The molecule has 0 aliphatic heterocycles. The molecule has 2 rings (SSSR count). The van der Waals surface area contributed by atoms with Crippen molar-refractivity contribution in [3.63, 3.8) is 0 Å². The van der Waals surface area contributed by atoms with Gasteiger partial charge in [0.25, 0.3) is 0 Å². The largest absolute Gasteiger partial charge is 0.432 e. The molecule has 0 aromatic carbocycles. The number of hydrogen-bond acceptors (Lipinski definition) is 3. The number of aromatic nitrogens is 3. The SMILES string of the molecule is [c]1nccn1-c1ncco1. The number of nitrogens with zero attached hydrogens (tertiary/aromatic N) is 3. The van der Waals surface area contributed by atoms with Gasteiger partial charge >= 0.3 is 6.01 Å². The Labute approximate surface area is 57.1 Å². The monoisotopic (exact) mass is 134 g/mol. The Morgan fingerprint density at radius 2 is 2.50 bits per heavy atom. The maximum absolute atomic E-state index is 4.96. The molecule has 2 aromatic heterocycles. The standard InChI is InChI=1S/C6H4N3O/c1-3-9(5-7-1)6-8-2-4-10-6/h1-4H. The summed E-state index contributed by atoms with van der Waals surface area (Å²) in [4.78, 5) is 7.60. The summed E-state index contributed by atoms with van der Waals surface area (Å²) < 4.78 is 6.53. The predicted molar refractivity (Wildman–Crippen MR) is 32.5 cm³/mol. The second-order valence-corrected chi connectivity index (χ2v) is 1.71. The van der Waals surface area contributed by atoms with E-state index in [1.54, 1.807) is 23.2 Å². The van der Waals surface area contributed by atoms with Crippen LogP contribution in [0, 0.1) is 6.33 Å². The predicted octanol–water partition coefficient (Wildman–Crippen LogP) is 0.660. The third kappa shape index (κ3) is 0.699. The van der Waals surface area contributed by atoms with E-state index in [2.05, 4.69) is 16.3 Å². The van der Waals surface area contributed by atoms with Crippen LogP contribution in [0.2, 0.25) is 0 Å². The molecule has 2 heterocycles. The highest BCUT2D eigenvalue weighted by atomic mass is 16.4. The van der Waals surface area contributed by atoms with Gasteiger partial charge < -0.3 is 4.42 Å². The first kappa shape index (κ1) is 5.22. The van der Waals surface area contributed by atoms with Gasteiger partial charge in [0.1, 0.15) is 6.26 Å². The average Bonchev–Trinajstić information content (AvgIpc) is 2.59. The quantitative estimate of drug-likeness (QED) is 0.575. The fourth-order valence-corrected chi connectivity index (χ4v) is 0.670. The van der Waals surface area contributed by atoms with Crippen molar-refractivity contribution in [1.29, 1.82) is 0 Å². The van der Waals surface area contributed by atoms with Crippen LogP contribution >= 0.6 is 0 Å². The summed E-state index contributed by atoms with van der Waals surface area (Å²) in [6.07, 6.45) is 9.06. The Morgan fingerprint density at radius 3 is 3.10 bits per heavy atom. The van der Waals surface area contributed by atoms with E-state index in [0.717, 1.165) is 0 Å². The molecule has 49 valence electrons. The van der Waals surface area contributed by atoms with E-state index in [4.69, 9.17) is 4.42 Å². The Morgan fingerprint density at radius 1 is 1.50 bits per heavy atom. The van der Waals surface area contributed by atoms with Crippen LogP contribution in [0.1, 0.15) is 0 Å². The summed E-state index contributed by atoms with van der Waals surface area (Å²) in [7, 11) is 0. The summed E-state index contributed by atoms with van der Waals surface area (Å²) in [5, 5.41) is 0. The van der Waals surface area contributed by atoms with Gasteiger partial charge in [-0.15, -0.1) is 0 Å². The first-order valence-electron chi connectivity index (χ1n) is 2.78. The summed E-state index contributed by atoms with van der Waals surface area (Å²) in [5.74, 6) is 0. The lowest BCUT2D eigenvalue weighted by Gasteiger charge is -1.88. The van der Waals surface area contributed by atoms with Crippen molar-refractivity contribution in [3.8, 4) is 6.01 Å². The molecule has 0 amide bonds. The fourth-order valence-electron chi connectivity index (χ4n) is 0.670. The molecule has 0 unspecified atom stereocenters. The molecular formula is C6H4N3O. The van der Waals surface area contributed by atoms with Gasteiger partial charge in [0.15, 0.2) is 6.33 Å². The minimum Gasteiger partial charge on any atom is -0.432 e. The molecule has 0 aliphatic rings. The van der Waals surface area contributed by atoms with Crippen molar-refractivity contribution in [2.24, 2.45) is 0 Å². The maximum Gasteiger partial charge on any atom is 0.307 e. The van der Waals surface area contributed by atoms with Crippen LogP contribution in [0.3, 0.4) is 0 Å². The van der Waals surface area contributed by atoms with Crippen LogP contribution in [-0.2, 0) is 0 Å².